The summed E-state index contributed by atoms with van der Waals surface area (Å²) in [6.07, 6.45) is 3.90. The summed E-state index contributed by atoms with van der Waals surface area (Å²) in [5.74, 6) is 0. The summed E-state index contributed by atoms with van der Waals surface area (Å²) in [7, 11) is 0. The van der Waals surface area contributed by atoms with Crippen LogP contribution in [-0.4, -0.2) is 16.1 Å². The predicted octanol–water partition coefficient (Wildman–Crippen LogP) is 3.86. The number of halogens is 3. The molecule has 1 aromatic carbocycles. The minimum Gasteiger partial charge on any atom is -0.298 e. The molecule has 16 heavy (non-hydrogen) atoms. The van der Waals surface area contributed by atoms with Crippen LogP contribution in [0.15, 0.2) is 33.5 Å². The molecule has 0 aliphatic rings. The third-order valence-electron chi connectivity index (χ3n) is 1.95. The molecule has 0 atom stereocenters. The van der Waals surface area contributed by atoms with Crippen molar-refractivity contribution in [3.8, 4) is 5.69 Å². The number of aromatic nitrogens is 2. The van der Waals surface area contributed by atoms with Crippen LogP contribution in [0.2, 0.25) is 5.02 Å². The van der Waals surface area contributed by atoms with Crippen LogP contribution in [0.5, 0.6) is 0 Å². The Morgan fingerprint density at radius 1 is 1.31 bits per heavy atom. The lowest BCUT2D eigenvalue weighted by molar-refractivity contribution is 0.112. The fourth-order valence-corrected chi connectivity index (χ4v) is 3.30. The molecule has 1 heterocycles. The van der Waals surface area contributed by atoms with Gasteiger partial charge in [-0.15, -0.1) is 0 Å². The van der Waals surface area contributed by atoms with Crippen molar-refractivity contribution < 1.29 is 4.79 Å². The molecule has 6 heteroatoms. The van der Waals surface area contributed by atoms with E-state index >= 15 is 0 Å². The summed E-state index contributed by atoms with van der Waals surface area (Å²) in [5.41, 5.74) is 1.33. The van der Waals surface area contributed by atoms with Crippen molar-refractivity contribution >= 4 is 49.7 Å². The summed E-state index contributed by atoms with van der Waals surface area (Å²) in [5, 5.41) is 4.71. The first-order chi connectivity index (χ1) is 7.61. The van der Waals surface area contributed by atoms with Crippen molar-refractivity contribution in [3.63, 3.8) is 0 Å². The smallest absolute Gasteiger partial charge is 0.153 e. The van der Waals surface area contributed by atoms with Crippen molar-refractivity contribution in [2.45, 2.75) is 0 Å². The molecule has 1 aromatic heterocycles. The number of nitrogens with zero attached hydrogens (tertiary/aromatic N) is 2. The van der Waals surface area contributed by atoms with E-state index in [4.69, 9.17) is 11.6 Å². The Kier molecular flexibility index (Phi) is 3.47. The van der Waals surface area contributed by atoms with Gasteiger partial charge in [-0.3, -0.25) is 4.79 Å². The summed E-state index contributed by atoms with van der Waals surface area (Å²) >= 11 is 12.7. The van der Waals surface area contributed by atoms with E-state index in [1.165, 1.54) is 6.20 Å². The van der Waals surface area contributed by atoms with E-state index < -0.39 is 0 Å². The second-order valence-corrected chi connectivity index (χ2v) is 5.20. The normalized spacial score (nSPS) is 10.4. The molecule has 0 bridgehead atoms. The second-order valence-electron chi connectivity index (χ2n) is 3.05. The van der Waals surface area contributed by atoms with Gasteiger partial charge in [-0.25, -0.2) is 4.68 Å². The zero-order valence-electron chi connectivity index (χ0n) is 7.82. The number of hydrogen-bond donors (Lipinski definition) is 0. The van der Waals surface area contributed by atoms with E-state index in [0.29, 0.717) is 10.6 Å². The number of benzene rings is 1. The van der Waals surface area contributed by atoms with Crippen LogP contribution in [0.4, 0.5) is 0 Å². The highest BCUT2D eigenvalue weighted by molar-refractivity contribution is 9.11. The van der Waals surface area contributed by atoms with Gasteiger partial charge in [-0.1, -0.05) is 11.6 Å². The van der Waals surface area contributed by atoms with Crippen LogP contribution in [-0.2, 0) is 0 Å². The Morgan fingerprint density at radius 2 is 1.94 bits per heavy atom. The third-order valence-corrected chi connectivity index (χ3v) is 3.38. The van der Waals surface area contributed by atoms with Gasteiger partial charge in [0.1, 0.15) is 0 Å². The minimum atomic E-state index is 0.522. The number of hydrogen-bond acceptors (Lipinski definition) is 2. The Bertz CT molecular complexity index is 530. The summed E-state index contributed by atoms with van der Waals surface area (Å²) in [6.45, 7) is 0. The van der Waals surface area contributed by atoms with Crippen molar-refractivity contribution in [3.05, 3.63) is 44.1 Å². The largest absolute Gasteiger partial charge is 0.298 e. The van der Waals surface area contributed by atoms with Crippen molar-refractivity contribution in [1.82, 2.24) is 9.78 Å². The first kappa shape index (κ1) is 11.8. The molecular formula is C10H5Br2ClN2O. The Morgan fingerprint density at radius 3 is 2.44 bits per heavy atom. The van der Waals surface area contributed by atoms with Crippen LogP contribution in [0, 0.1) is 0 Å². The molecular weight excluding hydrogens is 359 g/mol. The quantitative estimate of drug-likeness (QED) is 0.759. The molecule has 0 saturated carbocycles. The molecule has 0 amide bonds. The van der Waals surface area contributed by atoms with E-state index in [9.17, 15) is 4.79 Å². The monoisotopic (exact) mass is 362 g/mol. The lowest BCUT2D eigenvalue weighted by Crippen LogP contribution is -1.97. The first-order valence-electron chi connectivity index (χ1n) is 4.26. The maximum Gasteiger partial charge on any atom is 0.153 e. The van der Waals surface area contributed by atoms with Crippen molar-refractivity contribution in [2.24, 2.45) is 0 Å². The van der Waals surface area contributed by atoms with Gasteiger partial charge in [-0.2, -0.15) is 5.10 Å². The summed E-state index contributed by atoms with van der Waals surface area (Å²) in [6, 6.07) is 3.54. The van der Waals surface area contributed by atoms with Crippen LogP contribution in [0.3, 0.4) is 0 Å². The van der Waals surface area contributed by atoms with Gasteiger partial charge in [0, 0.05) is 20.2 Å². The van der Waals surface area contributed by atoms with E-state index in [1.54, 1.807) is 23.0 Å². The van der Waals surface area contributed by atoms with Crippen LogP contribution in [0.25, 0.3) is 5.69 Å². The topological polar surface area (TPSA) is 34.9 Å². The number of carbonyl (C=O) groups is 1. The van der Waals surface area contributed by atoms with Crippen LogP contribution >= 0.6 is 43.5 Å². The molecule has 0 unspecified atom stereocenters. The van der Waals surface area contributed by atoms with Gasteiger partial charge in [0.05, 0.1) is 17.4 Å². The van der Waals surface area contributed by atoms with Crippen molar-refractivity contribution in [2.75, 3.05) is 0 Å². The predicted molar refractivity (Wildman–Crippen MR) is 69.4 cm³/mol. The molecule has 0 N–H and O–H groups in total. The van der Waals surface area contributed by atoms with Gasteiger partial charge < -0.3 is 0 Å². The minimum absolute atomic E-state index is 0.522. The van der Waals surface area contributed by atoms with Gasteiger partial charge in [0.25, 0.3) is 0 Å². The molecule has 0 radical (unpaired) electrons. The molecule has 0 aliphatic heterocycles. The SMILES string of the molecule is O=Cc1cnn(-c2c(Br)cc(Cl)cc2Br)c1. The van der Waals surface area contributed by atoms with Crippen LogP contribution in [0.1, 0.15) is 10.4 Å². The van der Waals surface area contributed by atoms with Gasteiger partial charge in [-0.05, 0) is 44.0 Å². The molecule has 0 spiro atoms. The maximum absolute atomic E-state index is 10.6. The molecule has 3 nitrogen and oxygen atoms in total. The maximum atomic E-state index is 10.6. The van der Waals surface area contributed by atoms with Crippen LogP contribution < -0.4 is 0 Å². The van der Waals surface area contributed by atoms with Crippen molar-refractivity contribution in [1.29, 1.82) is 0 Å². The fraction of sp³-hybridized carbons (Fsp3) is 0. The third kappa shape index (κ3) is 2.21. The highest BCUT2D eigenvalue weighted by Gasteiger charge is 2.10. The number of aldehydes is 1. The standard InChI is InChI=1S/C10H5Br2ClN2O/c11-8-1-7(13)2-9(12)10(8)15-4-6(5-16)3-14-15/h1-5H. The van der Waals surface area contributed by atoms with E-state index in [1.807, 2.05) is 0 Å². The number of rotatable bonds is 2. The Balaban J connectivity index is 2.59. The Hall–Kier alpha value is -0.650. The van der Waals surface area contributed by atoms with Gasteiger partial charge in [0.2, 0.25) is 0 Å². The molecule has 82 valence electrons. The molecule has 2 aromatic rings. The van der Waals surface area contributed by atoms with Gasteiger partial charge in [0.15, 0.2) is 6.29 Å². The number of carbonyl (C=O) groups excluding carboxylic acids is 1. The van der Waals surface area contributed by atoms with E-state index in [0.717, 1.165) is 20.9 Å². The average molecular weight is 364 g/mol. The lowest BCUT2D eigenvalue weighted by Gasteiger charge is -2.07. The highest BCUT2D eigenvalue weighted by Crippen LogP contribution is 2.32. The zero-order chi connectivity index (χ0) is 11.7. The summed E-state index contributed by atoms with van der Waals surface area (Å²) < 4.78 is 3.20. The zero-order valence-corrected chi connectivity index (χ0v) is 11.8. The molecule has 2 rings (SSSR count). The molecule has 0 saturated heterocycles. The average Bonchev–Trinajstić information content (AvgIpc) is 2.64. The van der Waals surface area contributed by atoms with E-state index in [-0.39, 0.29) is 0 Å². The fourth-order valence-electron chi connectivity index (χ4n) is 1.27. The highest BCUT2D eigenvalue weighted by atomic mass is 79.9. The molecule has 0 fully saturated rings. The Labute approximate surface area is 114 Å². The van der Waals surface area contributed by atoms with Gasteiger partial charge >= 0.3 is 0 Å². The molecule has 0 aliphatic carbocycles. The van der Waals surface area contributed by atoms with E-state index in [2.05, 4.69) is 37.0 Å². The first-order valence-corrected chi connectivity index (χ1v) is 6.23. The lowest BCUT2D eigenvalue weighted by atomic mass is 10.3. The second kappa shape index (κ2) is 4.69. The summed E-state index contributed by atoms with van der Waals surface area (Å²) in [4.78, 5) is 10.6.